The molecular formula is C17H15N5O. The fraction of sp³-hybridized carbons (Fsp3) is 0.176. The number of aryl methyl sites for hydroxylation is 1. The minimum atomic E-state index is 0.158. The van der Waals surface area contributed by atoms with E-state index in [4.69, 9.17) is 5.26 Å². The highest BCUT2D eigenvalue weighted by Crippen LogP contribution is 2.10. The van der Waals surface area contributed by atoms with E-state index >= 15 is 0 Å². The van der Waals surface area contributed by atoms with Crippen LogP contribution in [0.25, 0.3) is 0 Å². The summed E-state index contributed by atoms with van der Waals surface area (Å²) < 4.78 is 3.50. The van der Waals surface area contributed by atoms with E-state index in [1.165, 1.54) is 0 Å². The van der Waals surface area contributed by atoms with E-state index in [1.54, 1.807) is 10.9 Å². The van der Waals surface area contributed by atoms with Crippen LogP contribution in [0.4, 0.5) is 0 Å². The van der Waals surface area contributed by atoms with Gasteiger partial charge in [0.1, 0.15) is 6.07 Å². The molecule has 0 aliphatic heterocycles. The number of nitriles is 1. The van der Waals surface area contributed by atoms with Gasteiger partial charge >= 0.3 is 0 Å². The van der Waals surface area contributed by atoms with Gasteiger partial charge in [-0.1, -0.05) is 24.3 Å². The maximum atomic E-state index is 10.9. The SMILES string of the molecule is Cc1cnn(Cc2ccc(Cn3cc(C=O)c(C#N)n3)cc2)c1. The molecule has 6 nitrogen and oxygen atoms in total. The number of rotatable bonds is 5. The molecule has 3 rings (SSSR count). The predicted octanol–water partition coefficient (Wildman–Crippen LogP) is 2.17. The minimum Gasteiger partial charge on any atom is -0.298 e. The molecule has 0 radical (unpaired) electrons. The lowest BCUT2D eigenvalue weighted by atomic mass is 10.1. The molecule has 23 heavy (non-hydrogen) atoms. The van der Waals surface area contributed by atoms with Crippen LogP contribution in [0.2, 0.25) is 0 Å². The third-order valence-electron chi connectivity index (χ3n) is 3.50. The smallest absolute Gasteiger partial charge is 0.172 e. The van der Waals surface area contributed by atoms with E-state index in [1.807, 2.05) is 54.3 Å². The van der Waals surface area contributed by atoms with Gasteiger partial charge in [-0.2, -0.15) is 15.5 Å². The lowest BCUT2D eigenvalue weighted by Crippen LogP contribution is -2.02. The Bertz CT molecular complexity index is 867. The van der Waals surface area contributed by atoms with E-state index in [0.29, 0.717) is 18.4 Å². The van der Waals surface area contributed by atoms with Crippen LogP contribution in [-0.4, -0.2) is 25.8 Å². The maximum absolute atomic E-state index is 10.9. The molecule has 6 heteroatoms. The third kappa shape index (κ3) is 3.35. The largest absolute Gasteiger partial charge is 0.298 e. The monoisotopic (exact) mass is 305 g/mol. The van der Waals surface area contributed by atoms with E-state index in [0.717, 1.165) is 23.2 Å². The van der Waals surface area contributed by atoms with Crippen molar-refractivity contribution >= 4 is 6.29 Å². The molecule has 0 amide bonds. The number of aromatic nitrogens is 4. The van der Waals surface area contributed by atoms with Gasteiger partial charge in [-0.15, -0.1) is 0 Å². The third-order valence-corrected chi connectivity index (χ3v) is 3.50. The zero-order valence-corrected chi connectivity index (χ0v) is 12.7. The average Bonchev–Trinajstić information content (AvgIpc) is 3.15. The fourth-order valence-electron chi connectivity index (χ4n) is 2.37. The highest BCUT2D eigenvalue weighted by molar-refractivity contribution is 5.77. The van der Waals surface area contributed by atoms with Crippen LogP contribution in [0.15, 0.2) is 42.9 Å². The molecule has 0 spiro atoms. The Balaban J connectivity index is 1.71. The molecule has 0 aliphatic carbocycles. The van der Waals surface area contributed by atoms with E-state index in [-0.39, 0.29) is 5.69 Å². The number of carbonyl (C=O) groups excluding carboxylic acids is 1. The predicted molar refractivity (Wildman–Crippen MR) is 83.9 cm³/mol. The first-order valence-corrected chi connectivity index (χ1v) is 7.17. The van der Waals surface area contributed by atoms with Gasteiger partial charge in [0.05, 0.1) is 24.8 Å². The zero-order valence-electron chi connectivity index (χ0n) is 12.7. The highest BCUT2D eigenvalue weighted by Gasteiger charge is 2.07. The molecule has 3 aromatic rings. The molecule has 0 saturated carbocycles. The first-order chi connectivity index (χ1) is 11.2. The normalized spacial score (nSPS) is 10.4. The average molecular weight is 305 g/mol. The quantitative estimate of drug-likeness (QED) is 0.677. The van der Waals surface area contributed by atoms with Crippen LogP contribution in [0.5, 0.6) is 0 Å². The van der Waals surface area contributed by atoms with Crippen molar-refractivity contribution in [1.29, 1.82) is 5.26 Å². The van der Waals surface area contributed by atoms with Crippen LogP contribution in [0.1, 0.15) is 32.7 Å². The van der Waals surface area contributed by atoms with Crippen molar-refractivity contribution in [2.75, 3.05) is 0 Å². The molecule has 0 atom stereocenters. The Labute approximate surface area is 133 Å². The second kappa shape index (κ2) is 6.28. The standard InChI is InChI=1S/C17H15N5O/c1-13-7-19-21(8-13)9-14-2-4-15(5-3-14)10-22-11-16(12-23)17(6-18)20-22/h2-5,7-8,11-12H,9-10H2,1H3. The Morgan fingerprint density at radius 2 is 1.78 bits per heavy atom. The van der Waals surface area contributed by atoms with Gasteiger partial charge in [-0.05, 0) is 23.6 Å². The van der Waals surface area contributed by atoms with E-state index < -0.39 is 0 Å². The van der Waals surface area contributed by atoms with Gasteiger partial charge in [0.2, 0.25) is 0 Å². The number of benzene rings is 1. The van der Waals surface area contributed by atoms with Gasteiger partial charge in [-0.25, -0.2) is 0 Å². The van der Waals surface area contributed by atoms with Crippen molar-refractivity contribution in [3.63, 3.8) is 0 Å². The van der Waals surface area contributed by atoms with E-state index in [2.05, 4.69) is 10.2 Å². The summed E-state index contributed by atoms with van der Waals surface area (Å²) in [4.78, 5) is 10.9. The van der Waals surface area contributed by atoms with Crippen LogP contribution < -0.4 is 0 Å². The van der Waals surface area contributed by atoms with Gasteiger partial charge in [0.15, 0.2) is 12.0 Å². The summed E-state index contributed by atoms with van der Waals surface area (Å²) in [5.74, 6) is 0. The van der Waals surface area contributed by atoms with Crippen molar-refractivity contribution in [3.05, 3.63) is 70.8 Å². The van der Waals surface area contributed by atoms with Gasteiger partial charge in [0, 0.05) is 12.4 Å². The minimum absolute atomic E-state index is 0.158. The molecule has 0 bridgehead atoms. The molecule has 2 heterocycles. The number of hydrogen-bond acceptors (Lipinski definition) is 4. The summed E-state index contributed by atoms with van der Waals surface area (Å²) in [5.41, 5.74) is 3.82. The Hall–Kier alpha value is -3.20. The van der Waals surface area contributed by atoms with Crippen LogP contribution in [0.3, 0.4) is 0 Å². The van der Waals surface area contributed by atoms with Gasteiger partial charge in [0.25, 0.3) is 0 Å². The van der Waals surface area contributed by atoms with Crippen molar-refractivity contribution < 1.29 is 4.79 Å². The maximum Gasteiger partial charge on any atom is 0.172 e. The second-order valence-corrected chi connectivity index (χ2v) is 5.39. The molecule has 0 aliphatic rings. The molecule has 0 N–H and O–H groups in total. The summed E-state index contributed by atoms with van der Waals surface area (Å²) in [6.45, 7) is 3.26. The van der Waals surface area contributed by atoms with Crippen LogP contribution in [0, 0.1) is 18.3 Å². The molecule has 0 unspecified atom stereocenters. The lowest BCUT2D eigenvalue weighted by Gasteiger charge is -2.05. The summed E-state index contributed by atoms with van der Waals surface area (Å²) in [5, 5.41) is 17.3. The highest BCUT2D eigenvalue weighted by atomic mass is 16.1. The number of carbonyl (C=O) groups is 1. The first kappa shape index (κ1) is 14.7. The molecule has 2 aromatic heterocycles. The first-order valence-electron chi connectivity index (χ1n) is 7.17. The Kier molecular flexibility index (Phi) is 4.02. The number of nitrogens with zero attached hydrogens (tertiary/aromatic N) is 5. The Morgan fingerprint density at radius 1 is 1.13 bits per heavy atom. The second-order valence-electron chi connectivity index (χ2n) is 5.39. The number of hydrogen-bond donors (Lipinski definition) is 0. The van der Waals surface area contributed by atoms with Gasteiger partial charge in [-0.3, -0.25) is 14.2 Å². The molecular weight excluding hydrogens is 290 g/mol. The lowest BCUT2D eigenvalue weighted by molar-refractivity contribution is 0.112. The fourth-order valence-corrected chi connectivity index (χ4v) is 2.37. The summed E-state index contributed by atoms with van der Waals surface area (Å²) in [6, 6.07) is 10.0. The van der Waals surface area contributed by atoms with E-state index in [9.17, 15) is 4.79 Å². The Morgan fingerprint density at radius 3 is 2.26 bits per heavy atom. The summed E-state index contributed by atoms with van der Waals surface area (Å²) in [7, 11) is 0. The van der Waals surface area contributed by atoms with Gasteiger partial charge < -0.3 is 0 Å². The number of aldehydes is 1. The summed E-state index contributed by atoms with van der Waals surface area (Å²) >= 11 is 0. The van der Waals surface area contributed by atoms with Crippen molar-refractivity contribution in [2.24, 2.45) is 0 Å². The summed E-state index contributed by atoms with van der Waals surface area (Å²) in [6.07, 6.45) is 6.08. The topological polar surface area (TPSA) is 76.5 Å². The van der Waals surface area contributed by atoms with Crippen LogP contribution >= 0.6 is 0 Å². The molecule has 114 valence electrons. The molecule has 0 saturated heterocycles. The van der Waals surface area contributed by atoms with Crippen molar-refractivity contribution in [1.82, 2.24) is 19.6 Å². The molecule has 1 aromatic carbocycles. The van der Waals surface area contributed by atoms with Crippen molar-refractivity contribution in [2.45, 2.75) is 20.0 Å². The van der Waals surface area contributed by atoms with Crippen LogP contribution in [-0.2, 0) is 13.1 Å². The molecule has 0 fully saturated rings. The van der Waals surface area contributed by atoms with Crippen molar-refractivity contribution in [3.8, 4) is 6.07 Å². The zero-order chi connectivity index (χ0) is 16.2.